The quantitative estimate of drug-likeness (QED) is 0.853. The summed E-state index contributed by atoms with van der Waals surface area (Å²) >= 11 is 5.00. The standard InChI is InChI=1S/C15H20N2S/c1-15(2,3)7-9-17-8-6-11-10-12(14(16)18)4-5-13(11)17/h4-6,8,10H,7,9H2,1-3H3,(H2,16,18). The van der Waals surface area contributed by atoms with Gasteiger partial charge in [-0.25, -0.2) is 0 Å². The van der Waals surface area contributed by atoms with Crippen LogP contribution in [0.4, 0.5) is 0 Å². The molecule has 3 heteroatoms. The highest BCUT2D eigenvalue weighted by molar-refractivity contribution is 7.80. The third kappa shape index (κ3) is 2.91. The normalized spacial score (nSPS) is 11.9. The molecule has 0 spiro atoms. The second-order valence-electron chi connectivity index (χ2n) is 5.96. The van der Waals surface area contributed by atoms with E-state index in [1.54, 1.807) is 0 Å². The highest BCUT2D eigenvalue weighted by Gasteiger charge is 2.11. The molecule has 1 aromatic carbocycles. The molecule has 0 aliphatic carbocycles. The van der Waals surface area contributed by atoms with E-state index in [-0.39, 0.29) is 0 Å². The molecule has 0 atom stereocenters. The van der Waals surface area contributed by atoms with Crippen molar-refractivity contribution in [2.24, 2.45) is 11.1 Å². The Labute approximate surface area is 114 Å². The van der Waals surface area contributed by atoms with E-state index >= 15 is 0 Å². The molecule has 0 bridgehead atoms. The van der Waals surface area contributed by atoms with Crippen LogP contribution in [0, 0.1) is 5.41 Å². The van der Waals surface area contributed by atoms with Crippen LogP contribution in [0.1, 0.15) is 32.8 Å². The largest absolute Gasteiger partial charge is 0.389 e. The Kier molecular flexibility index (Phi) is 3.44. The minimum atomic E-state index is 0.357. The van der Waals surface area contributed by atoms with Crippen LogP contribution < -0.4 is 5.73 Å². The van der Waals surface area contributed by atoms with Crippen molar-refractivity contribution < 1.29 is 0 Å². The van der Waals surface area contributed by atoms with Crippen molar-refractivity contribution in [3.05, 3.63) is 36.0 Å². The maximum Gasteiger partial charge on any atom is 0.104 e. The van der Waals surface area contributed by atoms with Gasteiger partial charge in [0.25, 0.3) is 0 Å². The molecule has 2 aromatic rings. The van der Waals surface area contributed by atoms with Gasteiger partial charge in [-0.1, -0.05) is 33.0 Å². The molecule has 0 fully saturated rings. The van der Waals surface area contributed by atoms with E-state index in [2.05, 4.69) is 49.7 Å². The number of fused-ring (bicyclic) bond motifs is 1. The number of aryl methyl sites for hydroxylation is 1. The van der Waals surface area contributed by atoms with Crippen LogP contribution >= 0.6 is 12.2 Å². The zero-order valence-electron chi connectivity index (χ0n) is 11.2. The second-order valence-corrected chi connectivity index (χ2v) is 6.40. The number of thiocarbonyl (C=S) groups is 1. The zero-order valence-corrected chi connectivity index (χ0v) is 12.1. The van der Waals surface area contributed by atoms with Gasteiger partial charge in [-0.05, 0) is 36.1 Å². The summed E-state index contributed by atoms with van der Waals surface area (Å²) < 4.78 is 2.30. The summed E-state index contributed by atoms with van der Waals surface area (Å²) in [5.41, 5.74) is 8.19. The lowest BCUT2D eigenvalue weighted by atomic mass is 9.92. The Morgan fingerprint density at radius 1 is 1.28 bits per heavy atom. The Balaban J connectivity index is 2.29. The van der Waals surface area contributed by atoms with Crippen molar-refractivity contribution in [3.8, 4) is 0 Å². The minimum absolute atomic E-state index is 0.357. The summed E-state index contributed by atoms with van der Waals surface area (Å²) in [6.45, 7) is 7.84. The summed E-state index contributed by atoms with van der Waals surface area (Å²) in [6, 6.07) is 8.29. The molecule has 96 valence electrons. The lowest BCUT2D eigenvalue weighted by Crippen LogP contribution is -2.10. The van der Waals surface area contributed by atoms with Crippen molar-refractivity contribution in [1.29, 1.82) is 0 Å². The van der Waals surface area contributed by atoms with Crippen LogP contribution in [0.25, 0.3) is 10.9 Å². The van der Waals surface area contributed by atoms with Gasteiger partial charge in [-0.3, -0.25) is 0 Å². The third-order valence-corrected chi connectivity index (χ3v) is 3.39. The van der Waals surface area contributed by atoms with Gasteiger partial charge in [0.15, 0.2) is 0 Å². The Morgan fingerprint density at radius 2 is 2.00 bits per heavy atom. The van der Waals surface area contributed by atoms with Gasteiger partial charge in [0.2, 0.25) is 0 Å². The molecule has 1 aromatic heterocycles. The van der Waals surface area contributed by atoms with Gasteiger partial charge in [0.05, 0.1) is 0 Å². The lowest BCUT2D eigenvalue weighted by Gasteiger charge is -2.18. The van der Waals surface area contributed by atoms with Crippen LogP contribution in [0.2, 0.25) is 0 Å². The van der Waals surface area contributed by atoms with E-state index in [9.17, 15) is 0 Å². The number of nitrogens with zero attached hydrogens (tertiary/aromatic N) is 1. The first-order valence-corrected chi connectivity index (χ1v) is 6.66. The van der Waals surface area contributed by atoms with Gasteiger partial charge in [0, 0.05) is 29.2 Å². The van der Waals surface area contributed by atoms with Gasteiger partial charge in [-0.15, -0.1) is 0 Å². The summed E-state index contributed by atoms with van der Waals surface area (Å²) in [7, 11) is 0. The Morgan fingerprint density at radius 3 is 2.61 bits per heavy atom. The number of rotatable bonds is 3. The molecular formula is C15H20N2S. The molecule has 0 unspecified atom stereocenters. The summed E-state index contributed by atoms with van der Waals surface area (Å²) in [5.74, 6) is 0. The molecule has 2 N–H and O–H groups in total. The van der Waals surface area contributed by atoms with Crippen molar-refractivity contribution in [2.45, 2.75) is 33.7 Å². The molecule has 2 rings (SSSR count). The van der Waals surface area contributed by atoms with Crippen molar-refractivity contribution in [2.75, 3.05) is 0 Å². The van der Waals surface area contributed by atoms with Crippen LogP contribution in [-0.2, 0) is 6.54 Å². The Hall–Kier alpha value is -1.35. The monoisotopic (exact) mass is 260 g/mol. The molecule has 0 aliphatic rings. The van der Waals surface area contributed by atoms with E-state index in [1.165, 1.54) is 10.9 Å². The summed E-state index contributed by atoms with van der Waals surface area (Å²) in [4.78, 5) is 0.458. The molecule has 18 heavy (non-hydrogen) atoms. The second kappa shape index (κ2) is 4.73. The molecule has 0 saturated heterocycles. The zero-order chi connectivity index (χ0) is 13.3. The van der Waals surface area contributed by atoms with Crippen molar-refractivity contribution in [3.63, 3.8) is 0 Å². The van der Waals surface area contributed by atoms with Crippen molar-refractivity contribution >= 4 is 28.1 Å². The molecule has 0 saturated carbocycles. The number of aromatic nitrogens is 1. The van der Waals surface area contributed by atoms with Gasteiger partial charge < -0.3 is 10.3 Å². The maximum atomic E-state index is 5.65. The number of hydrogen-bond donors (Lipinski definition) is 1. The van der Waals surface area contributed by atoms with E-state index in [4.69, 9.17) is 18.0 Å². The summed E-state index contributed by atoms with van der Waals surface area (Å²) in [5, 5.41) is 1.20. The maximum absolute atomic E-state index is 5.65. The average Bonchev–Trinajstić information content (AvgIpc) is 2.67. The van der Waals surface area contributed by atoms with E-state index < -0.39 is 0 Å². The number of benzene rings is 1. The average molecular weight is 260 g/mol. The van der Waals surface area contributed by atoms with Crippen molar-refractivity contribution in [1.82, 2.24) is 4.57 Å². The fourth-order valence-electron chi connectivity index (χ4n) is 2.00. The molecule has 0 amide bonds. The SMILES string of the molecule is CC(C)(C)CCn1ccc2cc(C(N)=S)ccc21. The summed E-state index contributed by atoms with van der Waals surface area (Å²) in [6.07, 6.45) is 3.30. The first kappa shape index (κ1) is 13.1. The molecule has 0 radical (unpaired) electrons. The van der Waals surface area contributed by atoms with Crippen LogP contribution in [0.3, 0.4) is 0 Å². The smallest absolute Gasteiger partial charge is 0.104 e. The fourth-order valence-corrected chi connectivity index (χ4v) is 2.13. The first-order chi connectivity index (χ1) is 8.37. The van der Waals surface area contributed by atoms with E-state index in [1.807, 2.05) is 6.07 Å². The molecule has 2 nitrogen and oxygen atoms in total. The first-order valence-electron chi connectivity index (χ1n) is 6.25. The van der Waals surface area contributed by atoms with Gasteiger partial charge in [-0.2, -0.15) is 0 Å². The lowest BCUT2D eigenvalue weighted by molar-refractivity contribution is 0.353. The number of nitrogens with two attached hydrogens (primary N) is 1. The fraction of sp³-hybridized carbons (Fsp3) is 0.400. The van der Waals surface area contributed by atoms with Gasteiger partial charge in [0.1, 0.15) is 4.99 Å². The third-order valence-electron chi connectivity index (χ3n) is 3.16. The van der Waals surface area contributed by atoms with Crippen LogP contribution in [-0.4, -0.2) is 9.56 Å². The highest BCUT2D eigenvalue weighted by atomic mass is 32.1. The topological polar surface area (TPSA) is 30.9 Å². The highest BCUT2D eigenvalue weighted by Crippen LogP contribution is 2.23. The minimum Gasteiger partial charge on any atom is -0.389 e. The molecule has 0 aliphatic heterocycles. The van der Waals surface area contributed by atoms with E-state index in [0.717, 1.165) is 18.5 Å². The van der Waals surface area contributed by atoms with Crippen LogP contribution in [0.5, 0.6) is 0 Å². The Bertz CT molecular complexity index is 576. The predicted molar refractivity (Wildman–Crippen MR) is 81.9 cm³/mol. The molecular weight excluding hydrogens is 240 g/mol. The van der Waals surface area contributed by atoms with Crippen LogP contribution in [0.15, 0.2) is 30.5 Å². The van der Waals surface area contributed by atoms with Gasteiger partial charge >= 0.3 is 0 Å². The van der Waals surface area contributed by atoms with E-state index in [0.29, 0.717) is 10.4 Å². The number of hydrogen-bond acceptors (Lipinski definition) is 1. The predicted octanol–water partition coefficient (Wildman–Crippen LogP) is 3.71. The molecule has 1 heterocycles.